The Morgan fingerprint density at radius 2 is 2.19 bits per heavy atom. The van der Waals surface area contributed by atoms with Gasteiger partial charge in [-0.3, -0.25) is 0 Å². The van der Waals surface area contributed by atoms with E-state index in [0.717, 1.165) is 35.6 Å². The third-order valence-corrected chi connectivity index (χ3v) is 2.45. The lowest BCUT2D eigenvalue weighted by molar-refractivity contribution is 0.538. The Morgan fingerprint density at radius 1 is 1.38 bits per heavy atom. The normalized spacial score (nSPS) is 11.2. The molecule has 0 amide bonds. The highest BCUT2D eigenvalue weighted by molar-refractivity contribution is 5.77. The van der Waals surface area contributed by atoms with Crippen LogP contribution in [0.4, 0.5) is 5.69 Å². The number of nitrogens with one attached hydrogen (secondary N) is 1. The van der Waals surface area contributed by atoms with Gasteiger partial charge in [0.2, 0.25) is 0 Å². The Bertz CT molecular complexity index is 474. The van der Waals surface area contributed by atoms with E-state index in [1.165, 1.54) is 0 Å². The molecule has 0 unspecified atom stereocenters. The van der Waals surface area contributed by atoms with E-state index < -0.39 is 0 Å². The second-order valence-electron chi connectivity index (χ2n) is 4.42. The van der Waals surface area contributed by atoms with E-state index in [1.54, 1.807) is 0 Å². The standard InChI is InChI=1S/C13H18N2O/c1-4-13-15-11-7-10(14-8-9(2)3)5-6-12(11)16-13/h5-7,9,14H,4,8H2,1-3H3. The van der Waals surface area contributed by atoms with Crippen LogP contribution in [-0.4, -0.2) is 11.5 Å². The number of hydrogen-bond acceptors (Lipinski definition) is 3. The maximum Gasteiger partial charge on any atom is 0.195 e. The van der Waals surface area contributed by atoms with Gasteiger partial charge in [0, 0.05) is 18.7 Å². The van der Waals surface area contributed by atoms with E-state index in [-0.39, 0.29) is 0 Å². The molecule has 0 fully saturated rings. The van der Waals surface area contributed by atoms with Gasteiger partial charge in [-0.15, -0.1) is 0 Å². The summed E-state index contributed by atoms with van der Waals surface area (Å²) in [6, 6.07) is 6.06. The van der Waals surface area contributed by atoms with Crippen molar-refractivity contribution < 1.29 is 4.42 Å². The number of oxazole rings is 1. The summed E-state index contributed by atoms with van der Waals surface area (Å²) in [5.74, 6) is 1.44. The summed E-state index contributed by atoms with van der Waals surface area (Å²) >= 11 is 0. The van der Waals surface area contributed by atoms with Crippen molar-refractivity contribution in [2.75, 3.05) is 11.9 Å². The van der Waals surface area contributed by atoms with Crippen molar-refractivity contribution in [3.8, 4) is 0 Å². The van der Waals surface area contributed by atoms with Gasteiger partial charge in [-0.05, 0) is 24.1 Å². The lowest BCUT2D eigenvalue weighted by atomic mass is 10.2. The highest BCUT2D eigenvalue weighted by Crippen LogP contribution is 2.20. The quantitative estimate of drug-likeness (QED) is 0.854. The van der Waals surface area contributed by atoms with Crippen molar-refractivity contribution in [2.24, 2.45) is 5.92 Å². The molecule has 1 heterocycles. The first-order valence-corrected chi connectivity index (χ1v) is 5.82. The van der Waals surface area contributed by atoms with Crippen molar-refractivity contribution in [1.29, 1.82) is 0 Å². The molecular weight excluding hydrogens is 200 g/mol. The van der Waals surface area contributed by atoms with Crippen molar-refractivity contribution in [3.63, 3.8) is 0 Å². The molecule has 0 saturated carbocycles. The molecule has 86 valence electrons. The van der Waals surface area contributed by atoms with E-state index in [9.17, 15) is 0 Å². The number of aryl methyl sites for hydroxylation is 1. The Hall–Kier alpha value is -1.51. The average molecular weight is 218 g/mol. The number of anilines is 1. The Labute approximate surface area is 95.9 Å². The third kappa shape index (κ3) is 2.35. The van der Waals surface area contributed by atoms with Gasteiger partial charge in [-0.25, -0.2) is 4.98 Å². The SMILES string of the molecule is CCc1nc2cc(NCC(C)C)ccc2o1. The fourth-order valence-corrected chi connectivity index (χ4v) is 1.56. The molecule has 0 spiro atoms. The van der Waals surface area contributed by atoms with E-state index in [4.69, 9.17) is 4.42 Å². The first kappa shape index (κ1) is 11.0. The lowest BCUT2D eigenvalue weighted by Crippen LogP contribution is -2.07. The lowest BCUT2D eigenvalue weighted by Gasteiger charge is -2.07. The maximum atomic E-state index is 5.56. The average Bonchev–Trinajstić information content (AvgIpc) is 2.68. The second kappa shape index (κ2) is 4.56. The summed E-state index contributed by atoms with van der Waals surface area (Å²) < 4.78 is 5.56. The van der Waals surface area contributed by atoms with Crippen LogP contribution in [0.1, 0.15) is 26.7 Å². The van der Waals surface area contributed by atoms with Gasteiger partial charge in [0.25, 0.3) is 0 Å². The predicted octanol–water partition coefficient (Wildman–Crippen LogP) is 3.46. The van der Waals surface area contributed by atoms with Crippen molar-refractivity contribution in [2.45, 2.75) is 27.2 Å². The first-order valence-electron chi connectivity index (χ1n) is 5.82. The smallest absolute Gasteiger partial charge is 0.195 e. The van der Waals surface area contributed by atoms with Crippen LogP contribution in [0.2, 0.25) is 0 Å². The van der Waals surface area contributed by atoms with E-state index in [0.29, 0.717) is 5.92 Å². The molecule has 0 saturated heterocycles. The van der Waals surface area contributed by atoms with Gasteiger partial charge in [0.15, 0.2) is 11.5 Å². The number of nitrogens with zero attached hydrogens (tertiary/aromatic N) is 1. The summed E-state index contributed by atoms with van der Waals surface area (Å²) in [6.45, 7) is 7.40. The van der Waals surface area contributed by atoms with E-state index in [1.807, 2.05) is 25.1 Å². The van der Waals surface area contributed by atoms with Crippen LogP contribution >= 0.6 is 0 Å². The van der Waals surface area contributed by atoms with E-state index in [2.05, 4.69) is 24.1 Å². The van der Waals surface area contributed by atoms with Crippen molar-refractivity contribution in [3.05, 3.63) is 24.1 Å². The molecule has 3 heteroatoms. The van der Waals surface area contributed by atoms with Gasteiger partial charge >= 0.3 is 0 Å². The Morgan fingerprint density at radius 3 is 2.88 bits per heavy atom. The molecule has 1 N–H and O–H groups in total. The monoisotopic (exact) mass is 218 g/mol. The second-order valence-corrected chi connectivity index (χ2v) is 4.42. The highest BCUT2D eigenvalue weighted by Gasteiger charge is 2.04. The molecule has 0 aliphatic rings. The molecule has 16 heavy (non-hydrogen) atoms. The van der Waals surface area contributed by atoms with Gasteiger partial charge in [0.05, 0.1) is 0 Å². The minimum absolute atomic E-state index is 0.638. The molecule has 3 nitrogen and oxygen atoms in total. The molecule has 2 aromatic rings. The molecule has 1 aromatic carbocycles. The largest absolute Gasteiger partial charge is 0.441 e. The van der Waals surface area contributed by atoms with Crippen LogP contribution in [-0.2, 0) is 6.42 Å². The fraction of sp³-hybridized carbons (Fsp3) is 0.462. The van der Waals surface area contributed by atoms with Crippen molar-refractivity contribution >= 4 is 16.8 Å². The summed E-state index contributed by atoms with van der Waals surface area (Å²) in [4.78, 5) is 4.41. The van der Waals surface area contributed by atoms with Crippen LogP contribution < -0.4 is 5.32 Å². The van der Waals surface area contributed by atoms with Gasteiger partial charge < -0.3 is 9.73 Å². The fourth-order valence-electron chi connectivity index (χ4n) is 1.56. The zero-order valence-corrected chi connectivity index (χ0v) is 10.1. The Kier molecular flexibility index (Phi) is 3.13. The topological polar surface area (TPSA) is 38.1 Å². The Balaban J connectivity index is 2.22. The van der Waals surface area contributed by atoms with Crippen LogP contribution in [0.15, 0.2) is 22.6 Å². The third-order valence-electron chi connectivity index (χ3n) is 2.45. The van der Waals surface area contributed by atoms with Crippen LogP contribution in [0, 0.1) is 5.92 Å². The molecule has 0 radical (unpaired) electrons. The van der Waals surface area contributed by atoms with Crippen molar-refractivity contribution in [1.82, 2.24) is 4.98 Å². The number of benzene rings is 1. The minimum atomic E-state index is 0.638. The van der Waals surface area contributed by atoms with Gasteiger partial charge in [0.1, 0.15) is 5.52 Å². The highest BCUT2D eigenvalue weighted by atomic mass is 16.3. The summed E-state index contributed by atoms with van der Waals surface area (Å²) in [6.07, 6.45) is 0.837. The number of fused-ring (bicyclic) bond motifs is 1. The summed E-state index contributed by atoms with van der Waals surface area (Å²) in [5, 5.41) is 3.38. The number of aromatic nitrogens is 1. The van der Waals surface area contributed by atoms with Gasteiger partial charge in [-0.2, -0.15) is 0 Å². The molecule has 1 aromatic heterocycles. The minimum Gasteiger partial charge on any atom is -0.441 e. The predicted molar refractivity (Wildman–Crippen MR) is 66.7 cm³/mol. The summed E-state index contributed by atoms with van der Waals surface area (Å²) in [7, 11) is 0. The van der Waals surface area contributed by atoms with Crippen LogP contribution in [0.3, 0.4) is 0 Å². The number of hydrogen-bond donors (Lipinski definition) is 1. The molecule has 2 rings (SSSR count). The van der Waals surface area contributed by atoms with Gasteiger partial charge in [-0.1, -0.05) is 20.8 Å². The molecule has 0 bridgehead atoms. The van der Waals surface area contributed by atoms with E-state index >= 15 is 0 Å². The van der Waals surface area contributed by atoms with Crippen LogP contribution in [0.25, 0.3) is 11.1 Å². The first-order chi connectivity index (χ1) is 7.69. The van der Waals surface area contributed by atoms with Crippen LogP contribution in [0.5, 0.6) is 0 Å². The number of rotatable bonds is 4. The maximum absolute atomic E-state index is 5.56. The summed E-state index contributed by atoms with van der Waals surface area (Å²) in [5.41, 5.74) is 2.91. The molecule has 0 aliphatic heterocycles. The zero-order valence-electron chi connectivity index (χ0n) is 10.1. The molecular formula is C13H18N2O. The molecule has 0 aliphatic carbocycles. The zero-order chi connectivity index (χ0) is 11.5. The molecule has 0 atom stereocenters.